The Labute approximate surface area is 128 Å². The summed E-state index contributed by atoms with van der Waals surface area (Å²) >= 11 is 11.9. The highest BCUT2D eigenvalue weighted by atomic mass is 35.5. The standard InChI is InChI=1S/C14H18Cl2FN3/c1-14(2,19(3)4)8-20-12-5-9(16)10(17)6-11(12)18-13(20)7-15/h5-6H,7-8H2,1-4H3. The van der Waals surface area contributed by atoms with Crippen LogP contribution in [-0.4, -0.2) is 34.1 Å². The Morgan fingerprint density at radius 2 is 2.00 bits per heavy atom. The fraction of sp³-hybridized carbons (Fsp3) is 0.500. The molecule has 0 aliphatic heterocycles. The van der Waals surface area contributed by atoms with Crippen LogP contribution < -0.4 is 0 Å². The Bertz CT molecular complexity index is 635. The Morgan fingerprint density at radius 1 is 1.35 bits per heavy atom. The van der Waals surface area contributed by atoms with E-state index in [4.69, 9.17) is 23.2 Å². The molecule has 0 aliphatic carbocycles. The Balaban J connectivity index is 2.59. The zero-order chi connectivity index (χ0) is 15.1. The van der Waals surface area contributed by atoms with E-state index < -0.39 is 5.82 Å². The van der Waals surface area contributed by atoms with E-state index in [1.807, 2.05) is 18.7 Å². The fourth-order valence-corrected chi connectivity index (χ4v) is 2.34. The van der Waals surface area contributed by atoms with Crippen molar-refractivity contribution in [2.45, 2.75) is 31.8 Å². The van der Waals surface area contributed by atoms with E-state index in [1.165, 1.54) is 6.07 Å². The molecule has 0 amide bonds. The second-order valence-electron chi connectivity index (χ2n) is 5.71. The number of aromatic nitrogens is 2. The van der Waals surface area contributed by atoms with Gasteiger partial charge in [0.2, 0.25) is 0 Å². The number of hydrogen-bond acceptors (Lipinski definition) is 2. The molecule has 0 radical (unpaired) electrons. The minimum absolute atomic E-state index is 0.0880. The van der Waals surface area contributed by atoms with Crippen molar-refractivity contribution in [3.63, 3.8) is 0 Å². The molecule has 2 rings (SSSR count). The summed E-state index contributed by atoms with van der Waals surface area (Å²) in [4.78, 5) is 6.52. The third-order valence-electron chi connectivity index (χ3n) is 3.74. The van der Waals surface area contributed by atoms with Crippen molar-refractivity contribution in [2.24, 2.45) is 0 Å². The van der Waals surface area contributed by atoms with Crippen molar-refractivity contribution in [1.29, 1.82) is 0 Å². The molecule has 20 heavy (non-hydrogen) atoms. The van der Waals surface area contributed by atoms with Gasteiger partial charge in [-0.3, -0.25) is 0 Å². The number of fused-ring (bicyclic) bond motifs is 1. The second-order valence-corrected chi connectivity index (χ2v) is 6.38. The number of hydrogen-bond donors (Lipinski definition) is 0. The molecule has 3 nitrogen and oxygen atoms in total. The highest BCUT2D eigenvalue weighted by Crippen LogP contribution is 2.26. The zero-order valence-corrected chi connectivity index (χ0v) is 13.6. The first-order valence-electron chi connectivity index (χ1n) is 6.34. The lowest BCUT2D eigenvalue weighted by Gasteiger charge is -2.33. The van der Waals surface area contributed by atoms with Gasteiger partial charge in [0.05, 0.1) is 21.9 Å². The van der Waals surface area contributed by atoms with Crippen LogP contribution in [0.2, 0.25) is 5.02 Å². The number of halogens is 3. The fourth-order valence-electron chi connectivity index (χ4n) is 1.98. The first kappa shape index (κ1) is 15.5. The van der Waals surface area contributed by atoms with E-state index in [1.54, 1.807) is 6.07 Å². The Hall–Kier alpha value is -0.840. The van der Waals surface area contributed by atoms with Crippen molar-refractivity contribution in [2.75, 3.05) is 14.1 Å². The lowest BCUT2D eigenvalue weighted by atomic mass is 10.0. The second kappa shape index (κ2) is 5.51. The molecule has 110 valence electrons. The molecule has 0 bridgehead atoms. The van der Waals surface area contributed by atoms with Gasteiger partial charge in [0.25, 0.3) is 0 Å². The molecule has 1 heterocycles. The molecular formula is C14H18Cl2FN3. The third-order valence-corrected chi connectivity index (χ3v) is 4.27. The van der Waals surface area contributed by atoms with Crippen LogP contribution in [0.1, 0.15) is 19.7 Å². The van der Waals surface area contributed by atoms with E-state index in [0.29, 0.717) is 12.1 Å². The summed E-state index contributed by atoms with van der Waals surface area (Å²) in [6, 6.07) is 2.97. The van der Waals surface area contributed by atoms with Crippen molar-refractivity contribution in [3.8, 4) is 0 Å². The molecule has 0 saturated carbocycles. The molecule has 6 heteroatoms. The van der Waals surface area contributed by atoms with Crippen molar-refractivity contribution < 1.29 is 4.39 Å². The van der Waals surface area contributed by atoms with Gasteiger partial charge in [-0.25, -0.2) is 9.37 Å². The third kappa shape index (κ3) is 2.78. The largest absolute Gasteiger partial charge is 0.325 e. The zero-order valence-electron chi connectivity index (χ0n) is 12.0. The van der Waals surface area contributed by atoms with Gasteiger partial charge >= 0.3 is 0 Å². The Kier molecular flexibility index (Phi) is 4.28. The molecular weight excluding hydrogens is 300 g/mol. The van der Waals surface area contributed by atoms with Gasteiger partial charge in [-0.2, -0.15) is 0 Å². The van der Waals surface area contributed by atoms with Crippen LogP contribution in [0.15, 0.2) is 12.1 Å². The van der Waals surface area contributed by atoms with Crippen LogP contribution in [0.4, 0.5) is 4.39 Å². The van der Waals surface area contributed by atoms with Crippen LogP contribution in [0.5, 0.6) is 0 Å². The van der Waals surface area contributed by atoms with Crippen molar-refractivity contribution >= 4 is 34.2 Å². The molecule has 0 aliphatic rings. The van der Waals surface area contributed by atoms with Gasteiger partial charge in [0.1, 0.15) is 11.6 Å². The highest BCUT2D eigenvalue weighted by Gasteiger charge is 2.24. The molecule has 0 N–H and O–H groups in total. The summed E-state index contributed by atoms with van der Waals surface area (Å²) < 4.78 is 15.5. The molecule has 0 atom stereocenters. The van der Waals surface area contributed by atoms with Crippen LogP contribution >= 0.6 is 23.2 Å². The minimum Gasteiger partial charge on any atom is -0.325 e. The molecule has 0 fully saturated rings. The summed E-state index contributed by atoms with van der Waals surface area (Å²) in [6.45, 7) is 4.95. The van der Waals surface area contributed by atoms with E-state index in [0.717, 1.165) is 11.3 Å². The van der Waals surface area contributed by atoms with Gasteiger partial charge < -0.3 is 9.47 Å². The Morgan fingerprint density at radius 3 is 2.55 bits per heavy atom. The van der Waals surface area contributed by atoms with E-state index in [2.05, 4.69) is 23.7 Å². The van der Waals surface area contributed by atoms with E-state index >= 15 is 0 Å². The number of likely N-dealkylation sites (N-methyl/N-ethyl adjacent to an activating group) is 1. The summed E-state index contributed by atoms with van der Waals surface area (Å²) in [5.74, 6) is 0.535. The average molecular weight is 318 g/mol. The number of benzene rings is 1. The maximum absolute atomic E-state index is 13.5. The van der Waals surface area contributed by atoms with Gasteiger partial charge in [-0.05, 0) is 34.0 Å². The van der Waals surface area contributed by atoms with E-state index in [9.17, 15) is 4.39 Å². The highest BCUT2D eigenvalue weighted by molar-refractivity contribution is 6.31. The SMILES string of the molecule is CN(C)C(C)(C)Cn1c(CCl)nc2cc(F)c(Cl)cc21. The van der Waals surface area contributed by atoms with E-state index in [-0.39, 0.29) is 16.4 Å². The average Bonchev–Trinajstić information content (AvgIpc) is 2.67. The maximum Gasteiger partial charge on any atom is 0.144 e. The molecule has 2 aromatic rings. The lowest BCUT2D eigenvalue weighted by Crippen LogP contribution is -2.42. The van der Waals surface area contributed by atoms with Gasteiger partial charge in [0.15, 0.2) is 0 Å². The predicted molar refractivity (Wildman–Crippen MR) is 82.0 cm³/mol. The number of imidazole rings is 1. The van der Waals surface area contributed by atoms with Crippen LogP contribution in [-0.2, 0) is 12.4 Å². The number of alkyl halides is 1. The molecule has 0 spiro atoms. The molecule has 1 aromatic carbocycles. The maximum atomic E-state index is 13.5. The monoisotopic (exact) mass is 317 g/mol. The van der Waals surface area contributed by atoms with Gasteiger partial charge in [0, 0.05) is 18.2 Å². The normalized spacial score (nSPS) is 12.6. The summed E-state index contributed by atoms with van der Waals surface area (Å²) in [7, 11) is 4.04. The topological polar surface area (TPSA) is 21.1 Å². The first-order chi connectivity index (χ1) is 9.26. The van der Waals surface area contributed by atoms with Crippen molar-refractivity contribution in [3.05, 3.63) is 28.8 Å². The number of rotatable bonds is 4. The molecule has 0 unspecified atom stereocenters. The molecule has 1 aromatic heterocycles. The van der Waals surface area contributed by atoms with Gasteiger partial charge in [-0.1, -0.05) is 11.6 Å². The number of nitrogens with zero attached hydrogens (tertiary/aromatic N) is 3. The summed E-state index contributed by atoms with van der Waals surface area (Å²) in [5, 5.41) is 0.0995. The van der Waals surface area contributed by atoms with Gasteiger partial charge in [-0.15, -0.1) is 11.6 Å². The predicted octanol–water partition coefficient (Wildman–Crippen LogP) is 3.91. The summed E-state index contributed by atoms with van der Waals surface area (Å²) in [5.41, 5.74) is 1.30. The van der Waals surface area contributed by atoms with Crippen molar-refractivity contribution in [1.82, 2.24) is 14.5 Å². The molecule has 0 saturated heterocycles. The van der Waals surface area contributed by atoms with Crippen LogP contribution in [0.3, 0.4) is 0 Å². The van der Waals surface area contributed by atoms with Crippen LogP contribution in [0, 0.1) is 5.82 Å². The quantitative estimate of drug-likeness (QED) is 0.797. The lowest BCUT2D eigenvalue weighted by molar-refractivity contribution is 0.170. The summed E-state index contributed by atoms with van der Waals surface area (Å²) in [6.07, 6.45) is 0. The first-order valence-corrected chi connectivity index (χ1v) is 7.25. The smallest absolute Gasteiger partial charge is 0.144 e. The minimum atomic E-state index is -0.461. The van der Waals surface area contributed by atoms with Crippen LogP contribution in [0.25, 0.3) is 11.0 Å².